The lowest BCUT2D eigenvalue weighted by Crippen LogP contribution is -2.36. The molecule has 9 rings (SSSR count). The van der Waals surface area contributed by atoms with Gasteiger partial charge in [-0.15, -0.1) is 0 Å². The number of hydrogen-bond acceptors (Lipinski definition) is 4. The highest BCUT2D eigenvalue weighted by Gasteiger charge is 2.43. The summed E-state index contributed by atoms with van der Waals surface area (Å²) in [5.41, 5.74) is 7.61. The Morgan fingerprint density at radius 2 is 0.955 bits per heavy atom. The van der Waals surface area contributed by atoms with Crippen LogP contribution in [0, 0.1) is 0 Å². The largest absolute Gasteiger partial charge is 0.492 e. The summed E-state index contributed by atoms with van der Waals surface area (Å²) in [5, 5.41) is 6.18. The molecule has 0 bridgehead atoms. The molecule has 6 aromatic carbocycles. The molecule has 6 aromatic rings. The molecule has 2 saturated heterocycles. The molecule has 4 heteroatoms. The van der Waals surface area contributed by atoms with Crippen LogP contribution in [-0.2, 0) is 11.8 Å². The van der Waals surface area contributed by atoms with Crippen LogP contribution < -0.4 is 9.47 Å². The Labute approximate surface area is 266 Å². The van der Waals surface area contributed by atoms with Crippen LogP contribution in [0.5, 0.6) is 11.5 Å². The number of thioether (sulfide) groups is 2. The maximum atomic E-state index is 6.12. The summed E-state index contributed by atoms with van der Waals surface area (Å²) >= 11 is 3.94. The Morgan fingerprint density at radius 3 is 1.43 bits per heavy atom. The van der Waals surface area contributed by atoms with Crippen molar-refractivity contribution < 1.29 is 9.47 Å². The van der Waals surface area contributed by atoms with E-state index in [4.69, 9.17) is 9.47 Å². The third kappa shape index (κ3) is 4.67. The van der Waals surface area contributed by atoms with Crippen LogP contribution in [0.3, 0.4) is 0 Å². The second-order valence-electron chi connectivity index (χ2n) is 12.2. The van der Waals surface area contributed by atoms with Gasteiger partial charge >= 0.3 is 0 Å². The van der Waals surface area contributed by atoms with Crippen molar-refractivity contribution in [2.24, 2.45) is 0 Å². The molecule has 44 heavy (non-hydrogen) atoms. The lowest BCUT2D eigenvalue weighted by molar-refractivity contribution is 0.330. The molecule has 0 aromatic heterocycles. The van der Waals surface area contributed by atoms with Gasteiger partial charge in [0, 0.05) is 22.0 Å². The van der Waals surface area contributed by atoms with Gasteiger partial charge in [-0.1, -0.05) is 84.9 Å². The predicted molar refractivity (Wildman–Crippen MR) is 186 cm³/mol. The van der Waals surface area contributed by atoms with Gasteiger partial charge in [0.1, 0.15) is 24.7 Å². The smallest absolute Gasteiger partial charge is 0.119 e. The Morgan fingerprint density at radius 1 is 0.523 bits per heavy atom. The van der Waals surface area contributed by atoms with E-state index in [2.05, 4.69) is 121 Å². The highest BCUT2D eigenvalue weighted by Crippen LogP contribution is 2.51. The molecule has 2 fully saturated rings. The van der Waals surface area contributed by atoms with E-state index < -0.39 is 5.41 Å². The standard InChI is InChI=1S/C40H32O2S2/c1-3-7-38-30(5-1)17-31-6-2-4-8-39(31)40(38,32-13-9-28-20-34(15-11-26(28)18-32)41-22-36-24-43-36)33-14-10-29-21-35(16-12-27(29)19-33)42-23-37-25-44-37/h1-16,18-21,36-37H,17,22-25H2. The van der Waals surface area contributed by atoms with Crippen molar-refractivity contribution in [2.75, 3.05) is 24.7 Å². The van der Waals surface area contributed by atoms with Crippen molar-refractivity contribution >= 4 is 45.1 Å². The van der Waals surface area contributed by atoms with Gasteiger partial charge in [-0.05, 0) is 97.7 Å². The van der Waals surface area contributed by atoms with Crippen molar-refractivity contribution in [3.8, 4) is 11.5 Å². The molecule has 2 atom stereocenters. The Hall–Kier alpha value is -3.86. The first-order valence-corrected chi connectivity index (χ1v) is 17.6. The highest BCUT2D eigenvalue weighted by atomic mass is 32.2. The van der Waals surface area contributed by atoms with Crippen molar-refractivity contribution in [1.29, 1.82) is 0 Å². The van der Waals surface area contributed by atoms with E-state index in [0.29, 0.717) is 10.5 Å². The fraction of sp³-hybridized carbons (Fsp3) is 0.200. The van der Waals surface area contributed by atoms with Gasteiger partial charge in [0.15, 0.2) is 0 Å². The normalized spacial score (nSPS) is 19.3. The van der Waals surface area contributed by atoms with Gasteiger partial charge in [0.05, 0.1) is 5.41 Å². The third-order valence-electron chi connectivity index (χ3n) is 9.39. The fourth-order valence-corrected chi connectivity index (χ4v) is 7.81. The quantitative estimate of drug-likeness (QED) is 0.160. The molecule has 2 aliphatic heterocycles. The first-order chi connectivity index (χ1) is 21.7. The molecule has 0 saturated carbocycles. The average Bonchev–Trinajstić information content (AvgIpc) is 4.01. The molecule has 0 radical (unpaired) electrons. The molecule has 2 unspecified atom stereocenters. The zero-order valence-electron chi connectivity index (χ0n) is 24.4. The van der Waals surface area contributed by atoms with Gasteiger partial charge in [-0.3, -0.25) is 0 Å². The van der Waals surface area contributed by atoms with Crippen molar-refractivity contribution in [3.05, 3.63) is 155 Å². The minimum Gasteiger partial charge on any atom is -0.492 e. The van der Waals surface area contributed by atoms with E-state index in [9.17, 15) is 0 Å². The maximum Gasteiger partial charge on any atom is 0.119 e. The zero-order chi connectivity index (χ0) is 29.1. The first kappa shape index (κ1) is 26.5. The predicted octanol–water partition coefficient (Wildman–Crippen LogP) is 9.27. The van der Waals surface area contributed by atoms with Gasteiger partial charge in [0.25, 0.3) is 0 Å². The van der Waals surface area contributed by atoms with E-state index in [1.54, 1.807) is 0 Å². The van der Waals surface area contributed by atoms with Crippen LogP contribution in [0.2, 0.25) is 0 Å². The summed E-state index contributed by atoms with van der Waals surface area (Å²) < 4.78 is 12.2. The molecule has 2 nitrogen and oxygen atoms in total. The molecule has 0 spiro atoms. The number of fused-ring (bicyclic) bond motifs is 4. The maximum absolute atomic E-state index is 6.12. The molecule has 0 amide bonds. The van der Waals surface area contributed by atoms with Crippen molar-refractivity contribution in [1.82, 2.24) is 0 Å². The van der Waals surface area contributed by atoms with E-state index in [1.165, 1.54) is 66.4 Å². The molecule has 0 N–H and O–H groups in total. The average molecular weight is 609 g/mol. The molecule has 3 aliphatic rings. The third-order valence-corrected chi connectivity index (χ3v) is 11.3. The summed E-state index contributed by atoms with van der Waals surface area (Å²) in [6.07, 6.45) is 0.940. The summed E-state index contributed by atoms with van der Waals surface area (Å²) in [5.74, 6) is 4.33. The summed E-state index contributed by atoms with van der Waals surface area (Å²) in [6, 6.07) is 45.3. The van der Waals surface area contributed by atoms with E-state index in [0.717, 1.165) is 31.1 Å². The van der Waals surface area contributed by atoms with Crippen LogP contribution >= 0.6 is 23.5 Å². The number of rotatable bonds is 8. The SMILES string of the molecule is c1ccc2c(c1)Cc1ccccc1C2(c1ccc2cc(OCC3CS3)ccc2c1)c1ccc2cc(OCC3CS3)ccc2c1. The van der Waals surface area contributed by atoms with Crippen LogP contribution in [0.25, 0.3) is 21.5 Å². The lowest BCUT2D eigenvalue weighted by atomic mass is 9.59. The number of ether oxygens (including phenoxy) is 2. The van der Waals surface area contributed by atoms with E-state index in [1.807, 2.05) is 23.5 Å². The Balaban J connectivity index is 1.23. The monoisotopic (exact) mass is 608 g/mol. The van der Waals surface area contributed by atoms with Gasteiger partial charge in [0.2, 0.25) is 0 Å². The minimum atomic E-state index is -0.454. The number of hydrogen-bond donors (Lipinski definition) is 0. The Bertz CT molecular complexity index is 1890. The lowest BCUT2D eigenvalue weighted by Gasteiger charge is -2.42. The molecule has 2 heterocycles. The highest BCUT2D eigenvalue weighted by molar-refractivity contribution is 8.07. The van der Waals surface area contributed by atoms with Gasteiger partial charge < -0.3 is 9.47 Å². The Kier molecular flexibility index (Phi) is 6.42. The van der Waals surface area contributed by atoms with Crippen LogP contribution in [-0.4, -0.2) is 35.2 Å². The molecular formula is C40H32O2S2. The van der Waals surface area contributed by atoms with Crippen molar-refractivity contribution in [3.63, 3.8) is 0 Å². The van der Waals surface area contributed by atoms with E-state index in [-0.39, 0.29) is 0 Å². The fourth-order valence-electron chi connectivity index (χ4n) is 7.02. The van der Waals surface area contributed by atoms with E-state index >= 15 is 0 Å². The van der Waals surface area contributed by atoms with Crippen LogP contribution in [0.15, 0.2) is 121 Å². The minimum absolute atomic E-state index is 0.454. The molecular weight excluding hydrogens is 577 g/mol. The van der Waals surface area contributed by atoms with Crippen molar-refractivity contribution in [2.45, 2.75) is 22.3 Å². The van der Waals surface area contributed by atoms with Crippen LogP contribution in [0.4, 0.5) is 0 Å². The second kappa shape index (κ2) is 10.6. The molecule has 216 valence electrons. The summed E-state index contributed by atoms with van der Waals surface area (Å²) in [7, 11) is 0. The molecule has 1 aliphatic carbocycles. The second-order valence-corrected chi connectivity index (χ2v) is 14.9. The summed E-state index contributed by atoms with van der Waals surface area (Å²) in [4.78, 5) is 0. The first-order valence-electron chi connectivity index (χ1n) is 15.5. The summed E-state index contributed by atoms with van der Waals surface area (Å²) in [6.45, 7) is 1.58. The zero-order valence-corrected chi connectivity index (χ0v) is 26.0. The van der Waals surface area contributed by atoms with Crippen LogP contribution in [0.1, 0.15) is 33.4 Å². The number of benzene rings is 6. The van der Waals surface area contributed by atoms with Gasteiger partial charge in [-0.2, -0.15) is 23.5 Å². The van der Waals surface area contributed by atoms with Gasteiger partial charge in [-0.25, -0.2) is 0 Å². The topological polar surface area (TPSA) is 18.5 Å².